The fourth-order valence-corrected chi connectivity index (χ4v) is 2.82. The summed E-state index contributed by atoms with van der Waals surface area (Å²) >= 11 is 0. The highest BCUT2D eigenvalue weighted by atomic mass is 16.5. The van der Waals surface area contributed by atoms with Gasteiger partial charge in [-0.3, -0.25) is 0 Å². The lowest BCUT2D eigenvalue weighted by molar-refractivity contribution is 0.317. The lowest BCUT2D eigenvalue weighted by Gasteiger charge is -2.18. The molecule has 0 heterocycles. The first-order chi connectivity index (χ1) is 10.5. The van der Waals surface area contributed by atoms with Gasteiger partial charge in [0, 0.05) is 5.92 Å². The molecule has 1 unspecified atom stereocenters. The maximum absolute atomic E-state index is 9.80. The van der Waals surface area contributed by atoms with Crippen molar-refractivity contribution in [3.63, 3.8) is 0 Å². The predicted molar refractivity (Wildman–Crippen MR) is 90.7 cm³/mol. The van der Waals surface area contributed by atoms with Crippen LogP contribution in [0.15, 0.2) is 36.4 Å². The number of hydrogen-bond donors (Lipinski definition) is 2. The SMILES string of the molecule is CCOc1cc(CC(CN)c2cc(C)cc(C)c2)ccc1O. The van der Waals surface area contributed by atoms with Crippen LogP contribution < -0.4 is 10.5 Å². The number of hydrogen-bond acceptors (Lipinski definition) is 3. The first kappa shape index (κ1) is 16.4. The zero-order valence-electron chi connectivity index (χ0n) is 13.6. The number of rotatable bonds is 6. The van der Waals surface area contributed by atoms with Crippen LogP contribution in [0, 0.1) is 13.8 Å². The number of aryl methyl sites for hydroxylation is 2. The monoisotopic (exact) mass is 299 g/mol. The van der Waals surface area contributed by atoms with Crippen LogP contribution in [0.4, 0.5) is 0 Å². The summed E-state index contributed by atoms with van der Waals surface area (Å²) in [6.45, 7) is 7.25. The summed E-state index contributed by atoms with van der Waals surface area (Å²) in [5.74, 6) is 0.982. The minimum Gasteiger partial charge on any atom is -0.504 e. The molecule has 0 bridgehead atoms. The van der Waals surface area contributed by atoms with E-state index in [9.17, 15) is 5.11 Å². The van der Waals surface area contributed by atoms with Crippen molar-refractivity contribution >= 4 is 0 Å². The summed E-state index contributed by atoms with van der Waals surface area (Å²) in [7, 11) is 0. The van der Waals surface area contributed by atoms with Crippen LogP contribution in [-0.2, 0) is 6.42 Å². The van der Waals surface area contributed by atoms with Crippen molar-refractivity contribution in [1.29, 1.82) is 0 Å². The van der Waals surface area contributed by atoms with E-state index in [1.165, 1.54) is 16.7 Å². The Labute approximate surface area is 132 Å². The zero-order valence-corrected chi connectivity index (χ0v) is 13.6. The lowest BCUT2D eigenvalue weighted by Crippen LogP contribution is -2.15. The van der Waals surface area contributed by atoms with Gasteiger partial charge in [-0.25, -0.2) is 0 Å². The summed E-state index contributed by atoms with van der Waals surface area (Å²) in [4.78, 5) is 0. The van der Waals surface area contributed by atoms with Crippen molar-refractivity contribution in [1.82, 2.24) is 0 Å². The molecule has 0 aliphatic carbocycles. The highest BCUT2D eigenvalue weighted by Crippen LogP contribution is 2.30. The summed E-state index contributed by atoms with van der Waals surface area (Å²) in [5, 5.41) is 9.80. The Kier molecular flexibility index (Phi) is 5.45. The van der Waals surface area contributed by atoms with Gasteiger partial charge in [-0.2, -0.15) is 0 Å². The summed E-state index contributed by atoms with van der Waals surface area (Å²) in [5.41, 5.74) is 10.9. The molecular weight excluding hydrogens is 274 g/mol. The molecule has 0 aliphatic rings. The Bertz CT molecular complexity index is 617. The number of aromatic hydroxyl groups is 1. The van der Waals surface area contributed by atoms with E-state index in [-0.39, 0.29) is 11.7 Å². The van der Waals surface area contributed by atoms with Crippen LogP contribution in [0.2, 0.25) is 0 Å². The van der Waals surface area contributed by atoms with Gasteiger partial charge < -0.3 is 15.6 Å². The van der Waals surface area contributed by atoms with Gasteiger partial charge in [0.25, 0.3) is 0 Å². The molecule has 0 radical (unpaired) electrons. The fourth-order valence-electron chi connectivity index (χ4n) is 2.82. The van der Waals surface area contributed by atoms with E-state index < -0.39 is 0 Å². The number of nitrogens with two attached hydrogens (primary N) is 1. The summed E-state index contributed by atoms with van der Waals surface area (Å²) in [6, 6.07) is 12.1. The Hall–Kier alpha value is -2.00. The van der Waals surface area contributed by atoms with Crippen molar-refractivity contribution in [2.24, 2.45) is 5.73 Å². The summed E-state index contributed by atoms with van der Waals surface area (Å²) < 4.78 is 5.46. The standard InChI is InChI=1S/C19H25NO2/c1-4-22-19-11-15(5-6-18(19)21)10-17(12-20)16-8-13(2)7-14(3)9-16/h5-9,11,17,21H,4,10,12,20H2,1-3H3. The van der Waals surface area contributed by atoms with E-state index in [1.54, 1.807) is 6.07 Å². The van der Waals surface area contributed by atoms with Crippen molar-refractivity contribution in [2.75, 3.05) is 13.2 Å². The molecule has 0 amide bonds. The number of phenolic OH excluding ortho intramolecular Hbond substituents is 1. The zero-order chi connectivity index (χ0) is 16.1. The van der Waals surface area contributed by atoms with Crippen molar-refractivity contribution in [3.8, 4) is 11.5 Å². The normalized spacial score (nSPS) is 12.2. The molecule has 0 saturated heterocycles. The van der Waals surface area contributed by atoms with Crippen LogP contribution in [0.3, 0.4) is 0 Å². The van der Waals surface area contributed by atoms with Crippen molar-refractivity contribution in [2.45, 2.75) is 33.1 Å². The molecule has 0 fully saturated rings. The third-order valence-electron chi connectivity index (χ3n) is 3.81. The third kappa shape index (κ3) is 4.01. The van der Waals surface area contributed by atoms with Gasteiger partial charge in [0.1, 0.15) is 0 Å². The van der Waals surface area contributed by atoms with Gasteiger partial charge in [0.15, 0.2) is 11.5 Å². The highest BCUT2D eigenvalue weighted by Gasteiger charge is 2.13. The Morgan fingerprint density at radius 3 is 2.36 bits per heavy atom. The summed E-state index contributed by atoms with van der Waals surface area (Å²) in [6.07, 6.45) is 0.833. The molecule has 3 N–H and O–H groups in total. The minimum absolute atomic E-state index is 0.182. The highest BCUT2D eigenvalue weighted by molar-refractivity contribution is 5.42. The maximum atomic E-state index is 9.80. The minimum atomic E-state index is 0.182. The molecular formula is C19H25NO2. The number of ether oxygens (including phenoxy) is 1. The smallest absolute Gasteiger partial charge is 0.161 e. The molecule has 118 valence electrons. The second-order valence-electron chi connectivity index (χ2n) is 5.79. The number of phenols is 1. The molecule has 2 aromatic carbocycles. The van der Waals surface area contributed by atoms with Crippen LogP contribution in [-0.4, -0.2) is 18.3 Å². The molecule has 2 aromatic rings. The maximum Gasteiger partial charge on any atom is 0.161 e. The van der Waals surface area contributed by atoms with Gasteiger partial charge >= 0.3 is 0 Å². The Balaban J connectivity index is 2.24. The molecule has 2 rings (SSSR count). The second-order valence-corrected chi connectivity index (χ2v) is 5.79. The van der Waals surface area contributed by atoms with E-state index in [0.29, 0.717) is 18.9 Å². The van der Waals surface area contributed by atoms with Crippen LogP contribution in [0.25, 0.3) is 0 Å². The van der Waals surface area contributed by atoms with Gasteiger partial charge in [-0.15, -0.1) is 0 Å². The Morgan fingerprint density at radius 1 is 1.09 bits per heavy atom. The molecule has 22 heavy (non-hydrogen) atoms. The third-order valence-corrected chi connectivity index (χ3v) is 3.81. The molecule has 3 heteroatoms. The van der Waals surface area contributed by atoms with E-state index in [2.05, 4.69) is 32.0 Å². The van der Waals surface area contributed by atoms with Crippen molar-refractivity contribution < 1.29 is 9.84 Å². The topological polar surface area (TPSA) is 55.5 Å². The van der Waals surface area contributed by atoms with Crippen LogP contribution >= 0.6 is 0 Å². The van der Waals surface area contributed by atoms with Gasteiger partial charge in [0.05, 0.1) is 6.61 Å². The molecule has 1 atom stereocenters. The molecule has 0 aliphatic heterocycles. The average molecular weight is 299 g/mol. The van der Waals surface area contributed by atoms with E-state index in [1.807, 2.05) is 19.1 Å². The largest absolute Gasteiger partial charge is 0.504 e. The quantitative estimate of drug-likeness (QED) is 0.855. The lowest BCUT2D eigenvalue weighted by atomic mass is 9.90. The van der Waals surface area contributed by atoms with E-state index in [0.717, 1.165) is 12.0 Å². The second kappa shape index (κ2) is 7.32. The number of benzene rings is 2. The predicted octanol–water partition coefficient (Wildman–Crippen LogP) is 3.69. The molecule has 0 saturated carbocycles. The first-order valence-corrected chi connectivity index (χ1v) is 7.76. The van der Waals surface area contributed by atoms with Gasteiger partial charge in [-0.1, -0.05) is 35.4 Å². The average Bonchev–Trinajstić information content (AvgIpc) is 2.47. The van der Waals surface area contributed by atoms with Crippen LogP contribution in [0.1, 0.15) is 35.1 Å². The van der Waals surface area contributed by atoms with Crippen LogP contribution in [0.5, 0.6) is 11.5 Å². The molecule has 3 nitrogen and oxygen atoms in total. The van der Waals surface area contributed by atoms with E-state index in [4.69, 9.17) is 10.5 Å². The van der Waals surface area contributed by atoms with Gasteiger partial charge in [0.2, 0.25) is 0 Å². The molecule has 0 spiro atoms. The van der Waals surface area contributed by atoms with Gasteiger partial charge in [-0.05, 0) is 57.0 Å². The first-order valence-electron chi connectivity index (χ1n) is 7.76. The fraction of sp³-hybridized carbons (Fsp3) is 0.368. The Morgan fingerprint density at radius 2 is 1.77 bits per heavy atom. The molecule has 0 aromatic heterocycles. The van der Waals surface area contributed by atoms with E-state index >= 15 is 0 Å². The van der Waals surface area contributed by atoms with Crippen molar-refractivity contribution in [3.05, 3.63) is 58.7 Å².